The third-order valence-corrected chi connectivity index (χ3v) is 6.64. The van der Waals surface area contributed by atoms with Crippen molar-refractivity contribution in [1.82, 2.24) is 14.9 Å². The second kappa shape index (κ2) is 13.1. The number of guanidine groups is 1. The van der Waals surface area contributed by atoms with Gasteiger partial charge in [-0.1, -0.05) is 19.3 Å². The van der Waals surface area contributed by atoms with Gasteiger partial charge in [0, 0.05) is 39.3 Å². The van der Waals surface area contributed by atoms with Crippen LogP contribution >= 0.6 is 24.0 Å². The van der Waals surface area contributed by atoms with Crippen molar-refractivity contribution in [3.05, 3.63) is 0 Å². The number of rotatable bonds is 9. The summed E-state index contributed by atoms with van der Waals surface area (Å²) in [4.78, 5) is 4.54. The minimum Gasteiger partial charge on any atom is -0.378 e. The van der Waals surface area contributed by atoms with E-state index >= 15 is 0 Å². The summed E-state index contributed by atoms with van der Waals surface area (Å²) in [5.74, 6) is 1.03. The zero-order valence-electron chi connectivity index (χ0n) is 15.9. The first-order valence-electron chi connectivity index (χ1n) is 9.73. The van der Waals surface area contributed by atoms with Crippen molar-refractivity contribution >= 4 is 40.0 Å². The van der Waals surface area contributed by atoms with Gasteiger partial charge in [-0.25, -0.2) is 12.7 Å². The maximum Gasteiger partial charge on any atom is 0.214 e. The zero-order valence-corrected chi connectivity index (χ0v) is 19.1. The Bertz CT molecular complexity index is 510. The number of aliphatic imine (C=N–C) groups is 1. The molecule has 0 amide bonds. The summed E-state index contributed by atoms with van der Waals surface area (Å²) < 4.78 is 31.0. The molecule has 1 saturated heterocycles. The van der Waals surface area contributed by atoms with Crippen molar-refractivity contribution in [3.63, 3.8) is 0 Å². The second-order valence-corrected chi connectivity index (χ2v) is 8.83. The summed E-state index contributed by atoms with van der Waals surface area (Å²) in [5.41, 5.74) is 0. The Labute approximate surface area is 175 Å². The SMILES string of the molecule is CCNC(=NCCCOC1CCCCC1)NCCN1CCCS1(=O)=O.I. The molecular formula is C17H35IN4O3S. The van der Waals surface area contributed by atoms with Gasteiger partial charge < -0.3 is 15.4 Å². The first-order chi connectivity index (χ1) is 12.1. The molecule has 0 aromatic rings. The van der Waals surface area contributed by atoms with Crippen molar-refractivity contribution in [2.75, 3.05) is 45.1 Å². The van der Waals surface area contributed by atoms with E-state index in [9.17, 15) is 8.42 Å². The van der Waals surface area contributed by atoms with Crippen LogP contribution in [0.2, 0.25) is 0 Å². The summed E-state index contributed by atoms with van der Waals surface area (Å²) in [6.07, 6.45) is 8.44. The van der Waals surface area contributed by atoms with Crippen LogP contribution in [0.4, 0.5) is 0 Å². The lowest BCUT2D eigenvalue weighted by molar-refractivity contribution is 0.0281. The van der Waals surface area contributed by atoms with Crippen LogP contribution in [-0.4, -0.2) is 69.9 Å². The van der Waals surface area contributed by atoms with Gasteiger partial charge in [0.15, 0.2) is 5.96 Å². The Kier molecular flexibility index (Phi) is 12.1. The maximum absolute atomic E-state index is 11.8. The molecule has 0 unspecified atom stereocenters. The molecule has 0 atom stereocenters. The van der Waals surface area contributed by atoms with Gasteiger partial charge >= 0.3 is 0 Å². The molecule has 9 heteroatoms. The van der Waals surface area contributed by atoms with Gasteiger partial charge in [-0.2, -0.15) is 0 Å². The molecule has 0 radical (unpaired) electrons. The summed E-state index contributed by atoms with van der Waals surface area (Å²) in [6, 6.07) is 0. The molecule has 2 aliphatic rings. The molecule has 2 rings (SSSR count). The van der Waals surface area contributed by atoms with Crippen LogP contribution in [0.15, 0.2) is 4.99 Å². The zero-order chi connectivity index (χ0) is 18.0. The van der Waals surface area contributed by atoms with E-state index in [2.05, 4.69) is 15.6 Å². The maximum atomic E-state index is 11.8. The van der Waals surface area contributed by atoms with E-state index in [4.69, 9.17) is 4.74 Å². The molecule has 2 fully saturated rings. The lowest BCUT2D eigenvalue weighted by Gasteiger charge is -2.21. The van der Waals surface area contributed by atoms with Crippen LogP contribution in [0.5, 0.6) is 0 Å². The Hall–Kier alpha value is -0.130. The van der Waals surface area contributed by atoms with Gasteiger partial charge in [-0.3, -0.25) is 4.99 Å². The summed E-state index contributed by atoms with van der Waals surface area (Å²) >= 11 is 0. The van der Waals surface area contributed by atoms with Gasteiger partial charge in [-0.15, -0.1) is 24.0 Å². The van der Waals surface area contributed by atoms with Crippen molar-refractivity contribution in [1.29, 1.82) is 0 Å². The molecule has 154 valence electrons. The van der Waals surface area contributed by atoms with Crippen molar-refractivity contribution in [3.8, 4) is 0 Å². The number of sulfonamides is 1. The molecule has 1 saturated carbocycles. The van der Waals surface area contributed by atoms with Gasteiger partial charge in [0.25, 0.3) is 0 Å². The summed E-state index contributed by atoms with van der Waals surface area (Å²) in [7, 11) is -3.02. The van der Waals surface area contributed by atoms with Crippen molar-refractivity contribution in [2.24, 2.45) is 4.99 Å². The van der Waals surface area contributed by atoms with Crippen LogP contribution in [0.25, 0.3) is 0 Å². The highest BCUT2D eigenvalue weighted by Gasteiger charge is 2.27. The van der Waals surface area contributed by atoms with E-state index in [-0.39, 0.29) is 29.7 Å². The largest absolute Gasteiger partial charge is 0.378 e. The van der Waals surface area contributed by atoms with Crippen LogP contribution in [0.1, 0.15) is 51.9 Å². The molecule has 1 heterocycles. The van der Waals surface area contributed by atoms with Crippen molar-refractivity contribution in [2.45, 2.75) is 58.0 Å². The average Bonchev–Trinajstić information content (AvgIpc) is 2.94. The molecule has 0 aromatic heterocycles. The normalized spacial score (nSPS) is 21.3. The molecule has 0 spiro atoms. The molecule has 7 nitrogen and oxygen atoms in total. The fourth-order valence-electron chi connectivity index (χ4n) is 3.32. The van der Waals surface area contributed by atoms with E-state index in [0.29, 0.717) is 32.3 Å². The Morgan fingerprint density at radius 2 is 1.96 bits per heavy atom. The van der Waals surface area contributed by atoms with Crippen LogP contribution in [0.3, 0.4) is 0 Å². The first-order valence-corrected chi connectivity index (χ1v) is 11.3. The smallest absolute Gasteiger partial charge is 0.214 e. The highest BCUT2D eigenvalue weighted by atomic mass is 127. The fraction of sp³-hybridized carbons (Fsp3) is 0.941. The van der Waals surface area contributed by atoms with E-state index in [1.807, 2.05) is 6.92 Å². The van der Waals surface area contributed by atoms with Crippen LogP contribution in [-0.2, 0) is 14.8 Å². The number of nitrogens with one attached hydrogen (secondary N) is 2. The molecule has 26 heavy (non-hydrogen) atoms. The molecule has 2 N–H and O–H groups in total. The first kappa shape index (κ1) is 23.9. The molecule has 0 bridgehead atoms. The van der Waals surface area contributed by atoms with E-state index in [1.165, 1.54) is 32.1 Å². The molecule has 1 aliphatic heterocycles. The predicted octanol–water partition coefficient (Wildman–Crippen LogP) is 1.93. The minimum atomic E-state index is -3.02. The number of hydrogen-bond donors (Lipinski definition) is 2. The lowest BCUT2D eigenvalue weighted by Crippen LogP contribution is -2.42. The molecule has 1 aliphatic carbocycles. The number of ether oxygens (including phenoxy) is 1. The Balaban J connectivity index is 0.00000338. The topological polar surface area (TPSA) is 83.0 Å². The third kappa shape index (κ3) is 8.71. The van der Waals surface area contributed by atoms with E-state index in [1.54, 1.807) is 4.31 Å². The van der Waals surface area contributed by atoms with E-state index in [0.717, 1.165) is 32.0 Å². The fourth-order valence-corrected chi connectivity index (χ4v) is 4.85. The average molecular weight is 502 g/mol. The second-order valence-electron chi connectivity index (χ2n) is 6.74. The highest BCUT2D eigenvalue weighted by Crippen LogP contribution is 2.20. The van der Waals surface area contributed by atoms with Crippen LogP contribution in [0, 0.1) is 0 Å². The predicted molar refractivity (Wildman–Crippen MR) is 117 cm³/mol. The highest BCUT2D eigenvalue weighted by molar-refractivity contribution is 14.0. The van der Waals surface area contributed by atoms with E-state index < -0.39 is 10.0 Å². The van der Waals surface area contributed by atoms with Gasteiger partial charge in [0.2, 0.25) is 10.0 Å². The third-order valence-electron chi connectivity index (χ3n) is 4.68. The number of hydrogen-bond acceptors (Lipinski definition) is 4. The summed E-state index contributed by atoms with van der Waals surface area (Å²) in [5, 5.41) is 6.42. The number of nitrogens with zero attached hydrogens (tertiary/aromatic N) is 2. The quantitative estimate of drug-likeness (QED) is 0.218. The lowest BCUT2D eigenvalue weighted by atomic mass is 9.98. The Morgan fingerprint density at radius 3 is 2.62 bits per heavy atom. The standard InChI is InChI=1S/C17H34N4O3S.HI/c1-2-18-17(20-11-13-21-12-7-15-25(21,22)23)19-10-6-14-24-16-8-4-3-5-9-16;/h16H,2-15H2,1H3,(H2,18,19,20);1H. The Morgan fingerprint density at radius 1 is 1.19 bits per heavy atom. The van der Waals surface area contributed by atoms with Gasteiger partial charge in [0.05, 0.1) is 11.9 Å². The number of halogens is 1. The van der Waals surface area contributed by atoms with Crippen molar-refractivity contribution < 1.29 is 13.2 Å². The molecular weight excluding hydrogens is 467 g/mol. The monoisotopic (exact) mass is 502 g/mol. The molecule has 0 aromatic carbocycles. The van der Waals surface area contributed by atoms with Crippen LogP contribution < -0.4 is 10.6 Å². The van der Waals surface area contributed by atoms with Gasteiger partial charge in [-0.05, 0) is 32.6 Å². The minimum absolute atomic E-state index is 0. The van der Waals surface area contributed by atoms with Gasteiger partial charge in [0.1, 0.15) is 0 Å². The summed E-state index contributed by atoms with van der Waals surface area (Å²) in [6.45, 7) is 5.99.